The molecule has 0 aliphatic carbocycles. The fourth-order valence-electron chi connectivity index (χ4n) is 1.73. The first-order valence-corrected chi connectivity index (χ1v) is 6.08. The molecule has 2 aromatic rings. The largest absolute Gasteiger partial charge is 0.398 e. The summed E-state index contributed by atoms with van der Waals surface area (Å²) < 4.78 is 5.07. The molecule has 1 aromatic carbocycles. The monoisotopic (exact) mass is 259 g/mol. The Labute approximate surface area is 111 Å². The van der Waals surface area contributed by atoms with Crippen LogP contribution in [0, 0.1) is 0 Å². The molecule has 1 atom stereocenters. The third-order valence-corrected chi connectivity index (χ3v) is 2.93. The molecule has 0 fully saturated rings. The molecular formula is C14H17N3O2. The van der Waals surface area contributed by atoms with E-state index in [9.17, 15) is 4.79 Å². The number of benzene rings is 1. The molecule has 0 aliphatic rings. The lowest BCUT2D eigenvalue weighted by Crippen LogP contribution is -2.32. The van der Waals surface area contributed by atoms with E-state index in [-0.39, 0.29) is 12.0 Å². The summed E-state index contributed by atoms with van der Waals surface area (Å²) >= 11 is 0. The van der Waals surface area contributed by atoms with Crippen molar-refractivity contribution in [2.24, 2.45) is 0 Å². The van der Waals surface area contributed by atoms with Gasteiger partial charge in [0.15, 0.2) is 0 Å². The number of fused-ring (bicyclic) bond motifs is 1. The lowest BCUT2D eigenvalue weighted by molar-refractivity contribution is 0.0866. The van der Waals surface area contributed by atoms with Crippen molar-refractivity contribution in [3.63, 3.8) is 0 Å². The number of methoxy groups -OCH3 is 1. The molecule has 0 bridgehead atoms. The highest BCUT2D eigenvalue weighted by Gasteiger charge is 2.11. The molecule has 1 amide bonds. The Morgan fingerprint density at radius 1 is 1.47 bits per heavy atom. The van der Waals surface area contributed by atoms with E-state index in [1.54, 1.807) is 13.2 Å². The minimum atomic E-state index is -0.249. The first kappa shape index (κ1) is 13.3. The lowest BCUT2D eigenvalue weighted by atomic mass is 10.1. The number of hydrogen-bond acceptors (Lipinski definition) is 4. The van der Waals surface area contributed by atoms with Crippen molar-refractivity contribution in [2.45, 2.75) is 13.0 Å². The average molecular weight is 259 g/mol. The van der Waals surface area contributed by atoms with E-state index >= 15 is 0 Å². The summed E-state index contributed by atoms with van der Waals surface area (Å²) in [7, 11) is 1.60. The second-order valence-electron chi connectivity index (χ2n) is 4.37. The number of nitrogen functional groups attached to an aromatic ring is 1. The highest BCUT2D eigenvalue weighted by atomic mass is 16.5. The topological polar surface area (TPSA) is 77.2 Å². The molecule has 3 N–H and O–H groups in total. The highest BCUT2D eigenvalue weighted by Crippen LogP contribution is 2.19. The minimum absolute atomic E-state index is 0.0400. The molecule has 0 aliphatic heterocycles. The zero-order valence-corrected chi connectivity index (χ0v) is 11.0. The molecule has 0 spiro atoms. The summed E-state index contributed by atoms with van der Waals surface area (Å²) in [5.74, 6) is -0.249. The number of nitrogens with zero attached hydrogens (tertiary/aromatic N) is 1. The maximum atomic E-state index is 12.0. The smallest absolute Gasteiger partial charge is 0.270 e. The van der Waals surface area contributed by atoms with Crippen molar-refractivity contribution in [1.29, 1.82) is 0 Å². The van der Waals surface area contributed by atoms with Crippen LogP contribution in [0.1, 0.15) is 17.4 Å². The van der Waals surface area contributed by atoms with Gasteiger partial charge in [-0.2, -0.15) is 0 Å². The van der Waals surface area contributed by atoms with Gasteiger partial charge in [-0.3, -0.25) is 4.79 Å². The van der Waals surface area contributed by atoms with Gasteiger partial charge in [0, 0.05) is 24.7 Å². The number of nitrogens with one attached hydrogen (secondary N) is 1. The van der Waals surface area contributed by atoms with Gasteiger partial charge in [-0.25, -0.2) is 4.98 Å². The number of aromatic nitrogens is 1. The Morgan fingerprint density at radius 2 is 2.21 bits per heavy atom. The summed E-state index contributed by atoms with van der Waals surface area (Å²) in [5, 5.41) is 3.61. The zero-order chi connectivity index (χ0) is 13.8. The van der Waals surface area contributed by atoms with Crippen LogP contribution in [0.4, 0.5) is 5.69 Å². The van der Waals surface area contributed by atoms with Crippen LogP contribution in [-0.4, -0.2) is 30.6 Å². The Kier molecular flexibility index (Phi) is 3.97. The number of anilines is 1. The maximum absolute atomic E-state index is 12.0. The Hall–Kier alpha value is -2.14. The zero-order valence-electron chi connectivity index (χ0n) is 11.0. The molecule has 5 heteroatoms. The summed E-state index contributed by atoms with van der Waals surface area (Å²) in [6, 6.07) is 9.06. The van der Waals surface area contributed by atoms with E-state index in [0.717, 1.165) is 5.39 Å². The van der Waals surface area contributed by atoms with Crippen LogP contribution in [-0.2, 0) is 4.74 Å². The molecular weight excluding hydrogens is 242 g/mol. The number of carbonyl (C=O) groups is 1. The van der Waals surface area contributed by atoms with Gasteiger partial charge in [-0.05, 0) is 19.1 Å². The number of hydrogen-bond donors (Lipinski definition) is 2. The van der Waals surface area contributed by atoms with Crippen molar-refractivity contribution < 1.29 is 9.53 Å². The van der Waals surface area contributed by atoms with E-state index in [1.165, 1.54) is 0 Å². The van der Waals surface area contributed by atoms with Crippen molar-refractivity contribution in [1.82, 2.24) is 10.3 Å². The predicted molar refractivity (Wildman–Crippen MR) is 75.0 cm³/mol. The molecule has 0 radical (unpaired) electrons. The number of carbonyl (C=O) groups excluding carboxylic acids is 1. The lowest BCUT2D eigenvalue weighted by Gasteiger charge is -2.11. The van der Waals surface area contributed by atoms with Crippen LogP contribution in [0.25, 0.3) is 10.9 Å². The van der Waals surface area contributed by atoms with Gasteiger partial charge in [-0.15, -0.1) is 0 Å². The SMILES string of the molecule is COC(C)CNC(=O)c1cc(N)c2ccccc2n1. The summed E-state index contributed by atoms with van der Waals surface area (Å²) in [6.07, 6.45) is -0.0400. The minimum Gasteiger partial charge on any atom is -0.398 e. The van der Waals surface area contributed by atoms with Gasteiger partial charge in [0.05, 0.1) is 11.6 Å². The third-order valence-electron chi connectivity index (χ3n) is 2.93. The number of nitrogens with two attached hydrogens (primary N) is 1. The number of ether oxygens (including phenoxy) is 1. The van der Waals surface area contributed by atoms with Crippen LogP contribution in [0.2, 0.25) is 0 Å². The molecule has 0 saturated heterocycles. The molecule has 5 nitrogen and oxygen atoms in total. The van der Waals surface area contributed by atoms with Gasteiger partial charge in [0.1, 0.15) is 5.69 Å². The normalized spacial score (nSPS) is 12.3. The maximum Gasteiger partial charge on any atom is 0.270 e. The van der Waals surface area contributed by atoms with E-state index in [0.29, 0.717) is 23.4 Å². The van der Waals surface area contributed by atoms with Crippen molar-refractivity contribution >= 4 is 22.5 Å². The molecule has 1 heterocycles. The number of pyridine rings is 1. The van der Waals surface area contributed by atoms with Crippen LogP contribution in [0.5, 0.6) is 0 Å². The second kappa shape index (κ2) is 5.67. The van der Waals surface area contributed by atoms with E-state index in [1.807, 2.05) is 31.2 Å². The molecule has 1 unspecified atom stereocenters. The molecule has 0 saturated carbocycles. The predicted octanol–water partition coefficient (Wildman–Crippen LogP) is 1.58. The molecule has 100 valence electrons. The number of para-hydroxylation sites is 1. The average Bonchev–Trinajstić information content (AvgIpc) is 2.44. The van der Waals surface area contributed by atoms with E-state index in [2.05, 4.69) is 10.3 Å². The van der Waals surface area contributed by atoms with E-state index in [4.69, 9.17) is 10.5 Å². The van der Waals surface area contributed by atoms with Gasteiger partial charge >= 0.3 is 0 Å². The Balaban J connectivity index is 2.23. The highest BCUT2D eigenvalue weighted by molar-refractivity contribution is 5.99. The molecule has 1 aromatic heterocycles. The third kappa shape index (κ3) is 3.00. The van der Waals surface area contributed by atoms with Gasteiger partial charge < -0.3 is 15.8 Å². The van der Waals surface area contributed by atoms with Crippen molar-refractivity contribution in [3.05, 3.63) is 36.0 Å². The first-order valence-electron chi connectivity index (χ1n) is 6.08. The first-order chi connectivity index (χ1) is 9.11. The second-order valence-corrected chi connectivity index (χ2v) is 4.37. The fraction of sp³-hybridized carbons (Fsp3) is 0.286. The summed E-state index contributed by atoms with van der Waals surface area (Å²) in [5.41, 5.74) is 7.52. The van der Waals surface area contributed by atoms with Crippen LogP contribution in [0.3, 0.4) is 0 Å². The Morgan fingerprint density at radius 3 is 2.95 bits per heavy atom. The van der Waals surface area contributed by atoms with Crippen molar-refractivity contribution in [3.8, 4) is 0 Å². The van der Waals surface area contributed by atoms with Gasteiger partial charge in [-0.1, -0.05) is 18.2 Å². The van der Waals surface area contributed by atoms with Crippen LogP contribution in [0.15, 0.2) is 30.3 Å². The van der Waals surface area contributed by atoms with Gasteiger partial charge in [0.2, 0.25) is 0 Å². The van der Waals surface area contributed by atoms with E-state index < -0.39 is 0 Å². The fourth-order valence-corrected chi connectivity index (χ4v) is 1.73. The molecule has 19 heavy (non-hydrogen) atoms. The summed E-state index contributed by atoms with van der Waals surface area (Å²) in [4.78, 5) is 16.3. The number of rotatable bonds is 4. The van der Waals surface area contributed by atoms with Gasteiger partial charge in [0.25, 0.3) is 5.91 Å². The quantitative estimate of drug-likeness (QED) is 0.874. The number of amides is 1. The summed E-state index contributed by atoms with van der Waals surface area (Å²) in [6.45, 7) is 2.31. The van der Waals surface area contributed by atoms with Crippen LogP contribution >= 0.6 is 0 Å². The standard InChI is InChI=1S/C14H17N3O2/c1-9(19-2)8-16-14(18)13-7-11(15)10-5-3-4-6-12(10)17-13/h3-7,9H,8H2,1-2H3,(H2,15,17)(H,16,18). The Bertz CT molecular complexity index is 598. The van der Waals surface area contributed by atoms with Crippen LogP contribution < -0.4 is 11.1 Å². The molecule has 2 rings (SSSR count). The van der Waals surface area contributed by atoms with Crippen molar-refractivity contribution in [2.75, 3.05) is 19.4 Å².